The molecule has 4 nitrogen and oxygen atoms in total. The van der Waals surface area contributed by atoms with Crippen LogP contribution in [0.3, 0.4) is 0 Å². The quantitative estimate of drug-likeness (QED) is 0.871. The number of anilines is 1. The summed E-state index contributed by atoms with van der Waals surface area (Å²) < 4.78 is 10.5. The Bertz CT molecular complexity index is 439. The monoisotopic (exact) mass is 235 g/mol. The number of methoxy groups -OCH3 is 2. The normalized spacial score (nSPS) is 14.3. The lowest BCUT2D eigenvalue weighted by atomic mass is 10.1. The SMILES string of the molecule is COc1cc(NC(=O)C2CC2)c(OC)cc1C. The van der Waals surface area contributed by atoms with Crippen LogP contribution in [0.1, 0.15) is 18.4 Å². The van der Waals surface area contributed by atoms with Gasteiger partial charge in [-0.1, -0.05) is 0 Å². The Hall–Kier alpha value is -1.71. The van der Waals surface area contributed by atoms with Crippen molar-refractivity contribution in [3.63, 3.8) is 0 Å². The molecule has 1 aliphatic rings. The first-order chi connectivity index (χ1) is 8.15. The van der Waals surface area contributed by atoms with Gasteiger partial charge in [0.15, 0.2) is 0 Å². The van der Waals surface area contributed by atoms with Gasteiger partial charge < -0.3 is 14.8 Å². The molecule has 1 aliphatic carbocycles. The van der Waals surface area contributed by atoms with E-state index in [2.05, 4.69) is 5.32 Å². The van der Waals surface area contributed by atoms with Gasteiger partial charge in [0.25, 0.3) is 0 Å². The zero-order valence-electron chi connectivity index (χ0n) is 10.4. The summed E-state index contributed by atoms with van der Waals surface area (Å²) in [5, 5.41) is 2.88. The molecule has 17 heavy (non-hydrogen) atoms. The molecule has 0 spiro atoms. The van der Waals surface area contributed by atoms with Crippen molar-refractivity contribution in [2.75, 3.05) is 19.5 Å². The van der Waals surface area contributed by atoms with Crippen molar-refractivity contribution in [1.82, 2.24) is 0 Å². The van der Waals surface area contributed by atoms with Gasteiger partial charge in [-0.15, -0.1) is 0 Å². The molecule has 0 radical (unpaired) electrons. The van der Waals surface area contributed by atoms with Crippen molar-refractivity contribution >= 4 is 11.6 Å². The lowest BCUT2D eigenvalue weighted by Crippen LogP contribution is -2.14. The third kappa shape index (κ3) is 2.52. The van der Waals surface area contributed by atoms with Crippen molar-refractivity contribution in [2.24, 2.45) is 5.92 Å². The van der Waals surface area contributed by atoms with E-state index >= 15 is 0 Å². The van der Waals surface area contributed by atoms with E-state index in [0.29, 0.717) is 11.4 Å². The van der Waals surface area contributed by atoms with Crippen LogP contribution in [0.15, 0.2) is 12.1 Å². The molecule has 1 N–H and O–H groups in total. The molecule has 2 rings (SSSR count). The van der Waals surface area contributed by atoms with E-state index in [-0.39, 0.29) is 11.8 Å². The molecule has 1 saturated carbocycles. The highest BCUT2D eigenvalue weighted by Crippen LogP contribution is 2.35. The molecule has 92 valence electrons. The van der Waals surface area contributed by atoms with Crippen LogP contribution in [-0.4, -0.2) is 20.1 Å². The standard InChI is InChI=1S/C13H17NO3/c1-8-6-12(17-3)10(7-11(8)16-2)14-13(15)9-4-5-9/h6-7,9H,4-5H2,1-3H3,(H,14,15). The fourth-order valence-electron chi connectivity index (χ4n) is 1.73. The molecule has 0 bridgehead atoms. The van der Waals surface area contributed by atoms with Crippen LogP contribution >= 0.6 is 0 Å². The minimum Gasteiger partial charge on any atom is -0.496 e. The Morgan fingerprint density at radius 1 is 1.24 bits per heavy atom. The van der Waals surface area contributed by atoms with Crippen LogP contribution in [0.5, 0.6) is 11.5 Å². The number of carbonyl (C=O) groups excluding carboxylic acids is 1. The highest BCUT2D eigenvalue weighted by molar-refractivity contribution is 5.95. The van der Waals surface area contributed by atoms with E-state index in [1.54, 1.807) is 20.3 Å². The maximum Gasteiger partial charge on any atom is 0.227 e. The highest BCUT2D eigenvalue weighted by Gasteiger charge is 2.30. The molecule has 0 atom stereocenters. The zero-order chi connectivity index (χ0) is 12.4. The van der Waals surface area contributed by atoms with Gasteiger partial charge in [0.2, 0.25) is 5.91 Å². The van der Waals surface area contributed by atoms with Gasteiger partial charge in [0.1, 0.15) is 11.5 Å². The summed E-state index contributed by atoms with van der Waals surface area (Å²) in [6, 6.07) is 3.66. The van der Waals surface area contributed by atoms with E-state index in [1.165, 1.54) is 0 Å². The van der Waals surface area contributed by atoms with Crippen molar-refractivity contribution in [3.8, 4) is 11.5 Å². The van der Waals surface area contributed by atoms with Gasteiger partial charge in [0.05, 0.1) is 19.9 Å². The Morgan fingerprint density at radius 3 is 2.41 bits per heavy atom. The minimum atomic E-state index is 0.0641. The molecule has 1 aromatic rings. The summed E-state index contributed by atoms with van der Waals surface area (Å²) in [7, 11) is 3.20. The lowest BCUT2D eigenvalue weighted by Gasteiger charge is -2.13. The van der Waals surface area contributed by atoms with Gasteiger partial charge in [-0.3, -0.25) is 4.79 Å². The van der Waals surface area contributed by atoms with E-state index < -0.39 is 0 Å². The number of rotatable bonds is 4. The van der Waals surface area contributed by atoms with Crippen LogP contribution in [0.4, 0.5) is 5.69 Å². The summed E-state index contributed by atoms with van der Waals surface area (Å²) in [5.74, 6) is 1.65. The van der Waals surface area contributed by atoms with Crippen LogP contribution in [-0.2, 0) is 4.79 Å². The molecule has 0 aliphatic heterocycles. The van der Waals surface area contributed by atoms with E-state index in [9.17, 15) is 4.79 Å². The van der Waals surface area contributed by atoms with Crippen molar-refractivity contribution in [2.45, 2.75) is 19.8 Å². The molecule has 1 fully saturated rings. The zero-order valence-corrected chi connectivity index (χ0v) is 10.4. The second-order valence-corrected chi connectivity index (χ2v) is 4.29. The van der Waals surface area contributed by atoms with Crippen LogP contribution < -0.4 is 14.8 Å². The van der Waals surface area contributed by atoms with Gasteiger partial charge >= 0.3 is 0 Å². The van der Waals surface area contributed by atoms with Crippen LogP contribution in [0.2, 0.25) is 0 Å². The first-order valence-corrected chi connectivity index (χ1v) is 5.69. The molecule has 0 unspecified atom stereocenters. The summed E-state index contributed by atoms with van der Waals surface area (Å²) in [6.07, 6.45) is 1.97. The fourth-order valence-corrected chi connectivity index (χ4v) is 1.73. The largest absolute Gasteiger partial charge is 0.496 e. The molecule has 0 heterocycles. The first-order valence-electron chi connectivity index (χ1n) is 5.69. The van der Waals surface area contributed by atoms with Gasteiger partial charge in [-0.25, -0.2) is 0 Å². The Kier molecular flexibility index (Phi) is 3.22. The van der Waals surface area contributed by atoms with Crippen molar-refractivity contribution in [3.05, 3.63) is 17.7 Å². The van der Waals surface area contributed by atoms with E-state index in [4.69, 9.17) is 9.47 Å². The number of carbonyl (C=O) groups is 1. The molecule has 0 saturated heterocycles. The molecule has 0 aromatic heterocycles. The van der Waals surface area contributed by atoms with E-state index in [0.717, 1.165) is 24.2 Å². The Labute approximate surface area is 101 Å². The molecule has 1 aromatic carbocycles. The number of amides is 1. The number of nitrogens with one attached hydrogen (secondary N) is 1. The minimum absolute atomic E-state index is 0.0641. The number of ether oxygens (including phenoxy) is 2. The number of benzene rings is 1. The maximum atomic E-state index is 11.7. The predicted octanol–water partition coefficient (Wildman–Crippen LogP) is 2.36. The van der Waals surface area contributed by atoms with Gasteiger partial charge in [-0.05, 0) is 31.4 Å². The molecule has 1 amide bonds. The van der Waals surface area contributed by atoms with Gasteiger partial charge in [-0.2, -0.15) is 0 Å². The summed E-state index contributed by atoms with van der Waals surface area (Å²) in [5.41, 5.74) is 1.65. The predicted molar refractivity (Wildman–Crippen MR) is 65.6 cm³/mol. The van der Waals surface area contributed by atoms with Crippen LogP contribution in [0.25, 0.3) is 0 Å². The molecule has 4 heteroatoms. The van der Waals surface area contributed by atoms with Gasteiger partial charge in [0, 0.05) is 12.0 Å². The third-order valence-electron chi connectivity index (χ3n) is 2.92. The second kappa shape index (κ2) is 4.65. The summed E-state index contributed by atoms with van der Waals surface area (Å²) in [6.45, 7) is 1.94. The topological polar surface area (TPSA) is 47.6 Å². The smallest absolute Gasteiger partial charge is 0.227 e. The van der Waals surface area contributed by atoms with Crippen molar-refractivity contribution in [1.29, 1.82) is 0 Å². The summed E-state index contributed by atoms with van der Waals surface area (Å²) >= 11 is 0. The number of aryl methyl sites for hydroxylation is 1. The second-order valence-electron chi connectivity index (χ2n) is 4.29. The average molecular weight is 235 g/mol. The number of hydrogen-bond acceptors (Lipinski definition) is 3. The Balaban J connectivity index is 2.26. The Morgan fingerprint density at radius 2 is 1.88 bits per heavy atom. The summed E-state index contributed by atoms with van der Waals surface area (Å²) in [4.78, 5) is 11.7. The lowest BCUT2D eigenvalue weighted by molar-refractivity contribution is -0.117. The average Bonchev–Trinajstić information content (AvgIpc) is 3.14. The highest BCUT2D eigenvalue weighted by atomic mass is 16.5. The fraction of sp³-hybridized carbons (Fsp3) is 0.462. The van der Waals surface area contributed by atoms with Crippen LogP contribution in [0, 0.1) is 12.8 Å². The van der Waals surface area contributed by atoms with E-state index in [1.807, 2.05) is 13.0 Å². The van der Waals surface area contributed by atoms with Crippen molar-refractivity contribution < 1.29 is 14.3 Å². The third-order valence-corrected chi connectivity index (χ3v) is 2.92. The molecular weight excluding hydrogens is 218 g/mol. The first kappa shape index (κ1) is 11.8. The maximum absolute atomic E-state index is 11.7. The molecular formula is C13H17NO3. The number of hydrogen-bond donors (Lipinski definition) is 1.